The molecule has 0 aliphatic heterocycles. The molecule has 0 aromatic carbocycles. The van der Waals surface area contributed by atoms with Crippen LogP contribution < -0.4 is 24.8 Å². The van der Waals surface area contributed by atoms with Gasteiger partial charge in [0.05, 0.1) is 0 Å². The van der Waals surface area contributed by atoms with Crippen molar-refractivity contribution in [2.24, 2.45) is 0 Å². The van der Waals surface area contributed by atoms with Gasteiger partial charge in [0.1, 0.15) is 0 Å². The Bertz CT molecular complexity index is 61.5. The molecule has 0 unspecified atom stereocenters. The largest absolute Gasteiger partial charge is 1.00 e. The van der Waals surface area contributed by atoms with Gasteiger partial charge in [-0.05, 0) is 0 Å². The quantitative estimate of drug-likeness (QED) is 0.433. The van der Waals surface area contributed by atoms with E-state index in [-0.39, 0.29) is 24.8 Å². The third-order valence-corrected chi connectivity index (χ3v) is 2.52. The van der Waals surface area contributed by atoms with Crippen LogP contribution in [0.15, 0.2) is 0 Å². The Labute approximate surface area is 98.1 Å². The second-order valence-electron chi connectivity index (χ2n) is 3.04. The van der Waals surface area contributed by atoms with E-state index < -0.39 is 0 Å². The predicted octanol–water partition coefficient (Wildman–Crippen LogP) is -2.67. The molecule has 0 rings (SSSR count). The molecule has 3 heteroatoms. The van der Waals surface area contributed by atoms with Crippen molar-refractivity contribution >= 4 is 16.3 Å². The molecule has 12 heavy (non-hydrogen) atoms. The fourth-order valence-corrected chi connectivity index (χ4v) is 1.55. The molecule has 0 spiro atoms. The summed E-state index contributed by atoms with van der Waals surface area (Å²) in [5.74, 6) is 0. The number of unbranched alkanes of at least 4 members (excludes halogenated alkanes) is 2. The molecule has 0 saturated carbocycles. The Morgan fingerprint density at radius 1 is 0.917 bits per heavy atom. The van der Waals surface area contributed by atoms with E-state index in [1.807, 2.05) is 0 Å². The van der Waals surface area contributed by atoms with Gasteiger partial charge in [0.2, 0.25) is 0 Å². The zero-order valence-corrected chi connectivity index (χ0v) is 10.8. The summed E-state index contributed by atoms with van der Waals surface area (Å²) in [7, 11) is 0. The molecule has 0 radical (unpaired) electrons. The van der Waals surface area contributed by atoms with Gasteiger partial charge in [-0.1, -0.05) is 0 Å². The summed E-state index contributed by atoms with van der Waals surface area (Å²) in [6.45, 7) is 4.52. The predicted molar refractivity (Wildman–Crippen MR) is 48.6 cm³/mol. The monoisotopic (exact) mass is 224 g/mol. The molecule has 0 saturated heterocycles. The molecule has 0 bridgehead atoms. The first-order valence-electron chi connectivity index (χ1n) is 4.56. The summed E-state index contributed by atoms with van der Waals surface area (Å²) in [4.78, 5) is 0. The van der Waals surface area contributed by atoms with Gasteiger partial charge < -0.3 is 24.8 Å². The summed E-state index contributed by atoms with van der Waals surface area (Å²) in [5.41, 5.74) is 0. The molecule has 0 aromatic heterocycles. The topological polar surface area (TPSA) is 0 Å². The van der Waals surface area contributed by atoms with Crippen LogP contribution in [-0.4, -0.2) is 16.3 Å². The molecular formula is C9H19AlCl2. The van der Waals surface area contributed by atoms with Gasteiger partial charge in [0.15, 0.2) is 0 Å². The fourth-order valence-electron chi connectivity index (χ4n) is 1.08. The first kappa shape index (κ1) is 18.8. The van der Waals surface area contributed by atoms with E-state index in [4.69, 9.17) is 0 Å². The summed E-state index contributed by atoms with van der Waals surface area (Å²) in [6.07, 6.45) is 8.30. The van der Waals surface area contributed by atoms with E-state index in [1.165, 1.54) is 38.5 Å². The van der Waals surface area contributed by atoms with Crippen molar-refractivity contribution in [2.75, 3.05) is 0 Å². The smallest absolute Gasteiger partial charge is 1.00 e. The van der Waals surface area contributed by atoms with E-state index in [9.17, 15) is 0 Å². The minimum absolute atomic E-state index is 0. The maximum Gasteiger partial charge on any atom is -1.00 e. The molecule has 0 aliphatic carbocycles. The molecule has 72 valence electrons. The summed E-state index contributed by atoms with van der Waals surface area (Å²) in [6, 6.07) is 0. The van der Waals surface area contributed by atoms with Crippen LogP contribution in [0.3, 0.4) is 0 Å². The molecule has 0 atom stereocenters. The van der Waals surface area contributed by atoms with Gasteiger partial charge in [-0.3, -0.25) is 0 Å². The number of hydrogen-bond donors (Lipinski definition) is 0. The minimum Gasteiger partial charge on any atom is -1.00 e. The first-order chi connectivity index (χ1) is 4.81. The summed E-state index contributed by atoms with van der Waals surface area (Å²) in [5, 5.41) is 0. The summed E-state index contributed by atoms with van der Waals surface area (Å²) < 4.78 is 0.889. The number of rotatable bonds is 6. The average Bonchev–Trinajstić information content (AvgIpc) is 1.97. The van der Waals surface area contributed by atoms with Crippen molar-refractivity contribution in [1.29, 1.82) is 0 Å². The molecule has 0 nitrogen and oxygen atoms in total. The van der Waals surface area contributed by atoms with Crippen molar-refractivity contribution < 1.29 is 24.8 Å². The zero-order chi connectivity index (χ0) is 7.82. The Balaban J connectivity index is -0.000000405. The van der Waals surface area contributed by atoms with E-state index in [0.29, 0.717) is 0 Å². The molecule has 0 N–H and O–H groups in total. The van der Waals surface area contributed by atoms with Gasteiger partial charge in [0, 0.05) is 0 Å². The molecule has 0 aromatic rings. The minimum atomic E-state index is 0. The normalized spacial score (nSPS) is 9.08. The third-order valence-electron chi connectivity index (χ3n) is 1.86. The number of halogens is 2. The van der Waals surface area contributed by atoms with Crippen molar-refractivity contribution in [2.45, 2.75) is 57.2 Å². The van der Waals surface area contributed by atoms with E-state index in [2.05, 4.69) is 30.1 Å². The second kappa shape index (κ2) is 14.6. The van der Waals surface area contributed by atoms with Crippen LogP contribution in [-0.2, 0) is 0 Å². The first-order valence-corrected chi connectivity index (χ1v) is 5.23. The molecule has 0 heterocycles. The summed E-state index contributed by atoms with van der Waals surface area (Å²) >= 11 is 2.96. The van der Waals surface area contributed by atoms with E-state index >= 15 is 0 Å². The van der Waals surface area contributed by atoms with Crippen molar-refractivity contribution in [1.82, 2.24) is 0 Å². The SMILES string of the molecule is CCCC[CH]([Al+2])CCCC.[Cl-].[Cl-]. The Hall–Kier alpha value is 1.11. The molecular weight excluding hydrogens is 206 g/mol. The molecule has 0 aliphatic rings. The van der Waals surface area contributed by atoms with Gasteiger partial charge >= 0.3 is 73.4 Å². The van der Waals surface area contributed by atoms with Crippen molar-refractivity contribution in [3.8, 4) is 0 Å². The number of hydrogen-bond acceptors (Lipinski definition) is 0. The van der Waals surface area contributed by atoms with E-state index in [1.54, 1.807) is 0 Å². The van der Waals surface area contributed by atoms with E-state index in [0.717, 1.165) is 4.78 Å². The van der Waals surface area contributed by atoms with Gasteiger partial charge in [-0.15, -0.1) is 0 Å². The standard InChI is InChI=1S/C9H19.Al.2ClH/c1-3-5-7-9-8-6-4-2;;;/h9H,3-8H2,1-2H3;;2*1H/q;+2;;/p-2. The second-order valence-corrected chi connectivity index (χ2v) is 3.99. The Kier molecular flexibility index (Phi) is 22.9. The average molecular weight is 225 g/mol. The van der Waals surface area contributed by atoms with Crippen LogP contribution >= 0.6 is 0 Å². The Morgan fingerprint density at radius 2 is 1.25 bits per heavy atom. The zero-order valence-electron chi connectivity index (χ0n) is 8.15. The third kappa shape index (κ3) is 13.7. The van der Waals surface area contributed by atoms with Crippen LogP contribution in [0.4, 0.5) is 0 Å². The van der Waals surface area contributed by atoms with Crippen molar-refractivity contribution in [3.63, 3.8) is 0 Å². The van der Waals surface area contributed by atoms with Crippen LogP contribution in [0.5, 0.6) is 0 Å². The van der Waals surface area contributed by atoms with Crippen LogP contribution in [0.25, 0.3) is 0 Å². The fraction of sp³-hybridized carbons (Fsp3) is 1.00. The maximum atomic E-state index is 2.96. The molecule has 0 amide bonds. The maximum absolute atomic E-state index is 2.96. The van der Waals surface area contributed by atoms with Crippen LogP contribution in [0.1, 0.15) is 52.4 Å². The van der Waals surface area contributed by atoms with Gasteiger partial charge in [-0.25, -0.2) is 0 Å². The van der Waals surface area contributed by atoms with Crippen molar-refractivity contribution in [3.05, 3.63) is 0 Å². The molecule has 0 fully saturated rings. The van der Waals surface area contributed by atoms with Crippen LogP contribution in [0, 0.1) is 0 Å². The van der Waals surface area contributed by atoms with Crippen LogP contribution in [0.2, 0.25) is 4.78 Å². The Morgan fingerprint density at radius 3 is 1.50 bits per heavy atom. The van der Waals surface area contributed by atoms with Gasteiger partial charge in [-0.2, -0.15) is 0 Å². The van der Waals surface area contributed by atoms with Gasteiger partial charge in [0.25, 0.3) is 0 Å².